The second-order valence-corrected chi connectivity index (χ2v) is 6.41. The van der Waals surface area contributed by atoms with E-state index in [1.54, 1.807) is 18.2 Å². The summed E-state index contributed by atoms with van der Waals surface area (Å²) in [5.74, 6) is 2.41. The average Bonchev–Trinajstić information content (AvgIpc) is 2.45. The van der Waals surface area contributed by atoms with Crippen LogP contribution in [0, 0.1) is 12.3 Å². The van der Waals surface area contributed by atoms with Gasteiger partial charge in [-0.2, -0.15) is 4.31 Å². The maximum absolute atomic E-state index is 12.5. The third-order valence-electron chi connectivity index (χ3n) is 2.86. The predicted molar refractivity (Wildman–Crippen MR) is 81.7 cm³/mol. The molecule has 0 fully saturated rings. The van der Waals surface area contributed by atoms with Crippen LogP contribution in [0.5, 0.6) is 0 Å². The molecule has 4 nitrogen and oxygen atoms in total. The number of terminal acetylenes is 1. The normalized spacial score (nSPS) is 11.5. The minimum atomic E-state index is -3.51. The lowest BCUT2D eigenvalue weighted by atomic mass is 10.2. The highest BCUT2D eigenvalue weighted by Crippen LogP contribution is 2.17. The quantitative estimate of drug-likeness (QED) is 0.744. The minimum Gasteiger partial charge on any atom is -0.313 e. The molecule has 20 heavy (non-hydrogen) atoms. The van der Waals surface area contributed by atoms with Crippen molar-refractivity contribution >= 4 is 10.0 Å². The van der Waals surface area contributed by atoms with E-state index in [4.69, 9.17) is 6.42 Å². The van der Waals surface area contributed by atoms with Crippen molar-refractivity contribution in [2.45, 2.75) is 31.7 Å². The van der Waals surface area contributed by atoms with Gasteiger partial charge in [0.1, 0.15) is 0 Å². The van der Waals surface area contributed by atoms with E-state index in [1.165, 1.54) is 4.31 Å². The summed E-state index contributed by atoms with van der Waals surface area (Å²) in [7, 11) is -3.51. The molecule has 0 aliphatic carbocycles. The highest BCUT2D eigenvalue weighted by molar-refractivity contribution is 7.89. The van der Waals surface area contributed by atoms with E-state index in [9.17, 15) is 8.42 Å². The second kappa shape index (κ2) is 8.05. The van der Waals surface area contributed by atoms with E-state index in [0.29, 0.717) is 18.0 Å². The molecule has 0 saturated carbocycles. The largest absolute Gasteiger partial charge is 0.313 e. The summed E-state index contributed by atoms with van der Waals surface area (Å²) in [6.07, 6.45) is 6.00. The van der Waals surface area contributed by atoms with Gasteiger partial charge in [-0.05, 0) is 30.7 Å². The number of hydrogen-bond acceptors (Lipinski definition) is 3. The van der Waals surface area contributed by atoms with Gasteiger partial charge in [0.15, 0.2) is 0 Å². The van der Waals surface area contributed by atoms with Gasteiger partial charge >= 0.3 is 0 Å². The van der Waals surface area contributed by atoms with Gasteiger partial charge in [-0.1, -0.05) is 31.9 Å². The van der Waals surface area contributed by atoms with E-state index in [0.717, 1.165) is 18.5 Å². The number of rotatable bonds is 8. The zero-order valence-electron chi connectivity index (χ0n) is 12.1. The molecule has 0 bridgehead atoms. The monoisotopic (exact) mass is 294 g/mol. The Labute approximate surface area is 122 Å². The van der Waals surface area contributed by atoms with Gasteiger partial charge in [0.25, 0.3) is 0 Å². The Bertz CT molecular complexity index is 561. The molecule has 1 aromatic carbocycles. The highest BCUT2D eigenvalue weighted by atomic mass is 32.2. The number of sulfonamides is 1. The number of hydrogen-bond donors (Lipinski definition) is 1. The van der Waals surface area contributed by atoms with Crippen LogP contribution >= 0.6 is 0 Å². The molecule has 0 aliphatic heterocycles. The summed E-state index contributed by atoms with van der Waals surface area (Å²) in [4.78, 5) is 0.302. The standard InChI is InChI=1S/C15H22N2O2S/c1-4-10-17(11-5-2)20(18,19)15-9-7-8-14(12-15)13-16-6-3/h1,7-9,12,16H,5-6,10-11,13H2,2-3H3. The Balaban J connectivity index is 3.04. The van der Waals surface area contributed by atoms with Gasteiger partial charge in [-0.25, -0.2) is 8.42 Å². The van der Waals surface area contributed by atoms with Gasteiger partial charge in [0.05, 0.1) is 11.4 Å². The van der Waals surface area contributed by atoms with Crippen molar-refractivity contribution in [2.75, 3.05) is 19.6 Å². The highest BCUT2D eigenvalue weighted by Gasteiger charge is 2.23. The van der Waals surface area contributed by atoms with E-state index >= 15 is 0 Å². The fourth-order valence-corrected chi connectivity index (χ4v) is 3.39. The first kappa shape index (κ1) is 16.7. The van der Waals surface area contributed by atoms with Crippen molar-refractivity contribution in [3.8, 4) is 12.3 Å². The molecule has 1 aromatic rings. The molecule has 5 heteroatoms. The molecule has 0 aliphatic rings. The van der Waals surface area contributed by atoms with Crippen molar-refractivity contribution in [3.05, 3.63) is 29.8 Å². The lowest BCUT2D eigenvalue weighted by Gasteiger charge is -2.19. The maximum Gasteiger partial charge on any atom is 0.243 e. The summed E-state index contributed by atoms with van der Waals surface area (Å²) < 4.78 is 26.4. The van der Waals surface area contributed by atoms with Gasteiger partial charge in [-0.3, -0.25) is 0 Å². The fourth-order valence-electron chi connectivity index (χ4n) is 1.87. The third kappa shape index (κ3) is 4.34. The molecule has 1 rings (SSSR count). The van der Waals surface area contributed by atoms with Crippen LogP contribution in [0.3, 0.4) is 0 Å². The lowest BCUT2D eigenvalue weighted by molar-refractivity contribution is 0.445. The first-order valence-electron chi connectivity index (χ1n) is 6.79. The van der Waals surface area contributed by atoms with Crippen molar-refractivity contribution in [2.24, 2.45) is 0 Å². The van der Waals surface area contributed by atoms with Crippen LogP contribution in [0.4, 0.5) is 0 Å². The van der Waals surface area contributed by atoms with Crippen LogP contribution in [0.2, 0.25) is 0 Å². The second-order valence-electron chi connectivity index (χ2n) is 4.47. The molecule has 0 saturated heterocycles. The van der Waals surface area contributed by atoms with Crippen molar-refractivity contribution in [3.63, 3.8) is 0 Å². The fraction of sp³-hybridized carbons (Fsp3) is 0.467. The summed E-state index contributed by atoms with van der Waals surface area (Å²) in [6.45, 7) is 5.98. The van der Waals surface area contributed by atoms with Crippen LogP contribution in [-0.4, -0.2) is 32.4 Å². The molecule has 0 spiro atoms. The van der Waals surface area contributed by atoms with Crippen LogP contribution in [0.1, 0.15) is 25.8 Å². The topological polar surface area (TPSA) is 49.4 Å². The molecule has 0 amide bonds. The summed E-state index contributed by atoms with van der Waals surface area (Å²) >= 11 is 0. The Morgan fingerprint density at radius 2 is 2.10 bits per heavy atom. The van der Waals surface area contributed by atoms with Crippen LogP contribution in [0.15, 0.2) is 29.2 Å². The SMILES string of the molecule is C#CCN(CCC)S(=O)(=O)c1cccc(CNCC)c1. The van der Waals surface area contributed by atoms with Gasteiger partial charge in [-0.15, -0.1) is 6.42 Å². The maximum atomic E-state index is 12.5. The summed E-state index contributed by atoms with van der Waals surface area (Å²) in [6, 6.07) is 6.99. The Kier molecular flexibility index (Phi) is 6.73. The summed E-state index contributed by atoms with van der Waals surface area (Å²) in [5, 5.41) is 3.18. The van der Waals surface area contributed by atoms with E-state index < -0.39 is 10.0 Å². The molecule has 0 heterocycles. The van der Waals surface area contributed by atoms with Crippen LogP contribution in [-0.2, 0) is 16.6 Å². The molecule has 1 N–H and O–H groups in total. The number of nitrogens with one attached hydrogen (secondary N) is 1. The number of nitrogens with zero attached hydrogens (tertiary/aromatic N) is 1. The van der Waals surface area contributed by atoms with Gasteiger partial charge in [0, 0.05) is 13.1 Å². The molecule has 0 radical (unpaired) electrons. The predicted octanol–water partition coefficient (Wildman–Crippen LogP) is 1.83. The smallest absolute Gasteiger partial charge is 0.243 e. The zero-order chi connectivity index (χ0) is 15.0. The van der Waals surface area contributed by atoms with E-state index in [-0.39, 0.29) is 6.54 Å². The Morgan fingerprint density at radius 1 is 1.35 bits per heavy atom. The lowest BCUT2D eigenvalue weighted by Crippen LogP contribution is -2.32. The van der Waals surface area contributed by atoms with Crippen molar-refractivity contribution in [1.82, 2.24) is 9.62 Å². The molecule has 0 atom stereocenters. The van der Waals surface area contributed by atoms with E-state index in [2.05, 4.69) is 11.2 Å². The van der Waals surface area contributed by atoms with Gasteiger partial charge < -0.3 is 5.32 Å². The van der Waals surface area contributed by atoms with E-state index in [1.807, 2.05) is 19.9 Å². The first-order valence-corrected chi connectivity index (χ1v) is 8.23. The number of benzene rings is 1. The molecule has 0 unspecified atom stereocenters. The summed E-state index contributed by atoms with van der Waals surface area (Å²) in [5.41, 5.74) is 0.949. The van der Waals surface area contributed by atoms with Crippen LogP contribution in [0.25, 0.3) is 0 Å². The molecular weight excluding hydrogens is 272 g/mol. The Hall–Kier alpha value is -1.35. The van der Waals surface area contributed by atoms with Crippen LogP contribution < -0.4 is 5.32 Å². The molecular formula is C15H22N2O2S. The van der Waals surface area contributed by atoms with Gasteiger partial charge in [0.2, 0.25) is 10.0 Å². The first-order chi connectivity index (χ1) is 9.56. The average molecular weight is 294 g/mol. The molecule has 110 valence electrons. The minimum absolute atomic E-state index is 0.105. The van der Waals surface area contributed by atoms with Crippen molar-refractivity contribution in [1.29, 1.82) is 0 Å². The molecule has 0 aromatic heterocycles. The third-order valence-corrected chi connectivity index (χ3v) is 4.70. The zero-order valence-corrected chi connectivity index (χ0v) is 12.9. The Morgan fingerprint density at radius 3 is 2.70 bits per heavy atom. The van der Waals surface area contributed by atoms with Crippen molar-refractivity contribution < 1.29 is 8.42 Å².